The minimum atomic E-state index is -1.75. The van der Waals surface area contributed by atoms with E-state index in [9.17, 15) is 5.21 Å². The molecule has 1 saturated heterocycles. The normalized spacial score (nSPS) is 13.5. The van der Waals surface area contributed by atoms with Crippen molar-refractivity contribution in [2.24, 2.45) is 0 Å². The Balaban J connectivity index is 0.00000103. The van der Waals surface area contributed by atoms with Gasteiger partial charge in [0.15, 0.2) is 11.5 Å². The minimum absolute atomic E-state index is 0. The predicted octanol–water partition coefficient (Wildman–Crippen LogP) is 2.37. The van der Waals surface area contributed by atoms with E-state index in [1.165, 1.54) is 5.06 Å². The average Bonchev–Trinajstić information content (AvgIpc) is 2.60. The number of ether oxygens (including phenoxy) is 2. The molecule has 0 atom stereocenters. The van der Waals surface area contributed by atoms with E-state index in [4.69, 9.17) is 29.8 Å². The number of fused-ring (bicyclic) bond motifs is 1. The number of hydrogen-bond donors (Lipinski definition) is 1. The van der Waals surface area contributed by atoms with Crippen molar-refractivity contribution in [1.82, 2.24) is 10.0 Å². The van der Waals surface area contributed by atoms with Crippen LogP contribution in [0.1, 0.15) is 0 Å². The molecule has 1 aliphatic rings. The third-order valence-corrected chi connectivity index (χ3v) is 3.76. The summed E-state index contributed by atoms with van der Waals surface area (Å²) < 4.78 is 10.6. The van der Waals surface area contributed by atoms with Gasteiger partial charge in [0.05, 0.1) is 24.8 Å². The van der Waals surface area contributed by atoms with E-state index in [1.54, 1.807) is 14.2 Å². The Morgan fingerprint density at radius 3 is 2.07 bits per heavy atom. The molecule has 152 valence electrons. The molecule has 2 aromatic rings. The number of anilines is 1. The molecule has 0 spiro atoms. The predicted molar refractivity (Wildman–Crippen MR) is 105 cm³/mol. The lowest BCUT2D eigenvalue weighted by atomic mass is 10.2. The zero-order valence-corrected chi connectivity index (χ0v) is 16.4. The van der Waals surface area contributed by atoms with Crippen molar-refractivity contribution in [2.75, 3.05) is 45.3 Å². The summed E-state index contributed by atoms with van der Waals surface area (Å²) in [5, 5.41) is 26.5. The first-order valence-corrected chi connectivity index (χ1v) is 7.47. The Morgan fingerprint density at radius 2 is 1.56 bits per heavy atom. The Kier molecular flexibility index (Phi) is 10.5. The first-order valence-electron chi connectivity index (χ1n) is 7.47. The van der Waals surface area contributed by atoms with E-state index in [2.05, 4.69) is 4.90 Å². The number of methoxy groups -OCH3 is 2. The molecule has 0 amide bonds. The molecule has 1 fully saturated rings. The van der Waals surface area contributed by atoms with Crippen LogP contribution in [-0.2, 0) is 0 Å². The van der Waals surface area contributed by atoms with Crippen LogP contribution in [0.5, 0.6) is 11.5 Å². The largest absolute Gasteiger partial charge is 0.493 e. The summed E-state index contributed by atoms with van der Waals surface area (Å²) in [5.74, 6) is 2.30. The monoisotopic (exact) mass is 423 g/mol. The Labute approximate surface area is 168 Å². The van der Waals surface area contributed by atoms with Gasteiger partial charge in [-0.05, 0) is 18.2 Å². The highest BCUT2D eigenvalue weighted by Crippen LogP contribution is 2.32. The average molecular weight is 424 g/mol. The molecule has 1 aromatic carbocycles. The van der Waals surface area contributed by atoms with Gasteiger partial charge in [0.2, 0.25) is 0 Å². The SMILES string of the molecule is COc1cc2ccc(N3CCN(O)CC3)nc2cc1OC.Cl.Cl.O=[N+]([O-])[O-]. The van der Waals surface area contributed by atoms with Gasteiger partial charge in [-0.1, -0.05) is 0 Å². The van der Waals surface area contributed by atoms with Gasteiger partial charge in [0.25, 0.3) is 0 Å². The quantitative estimate of drug-likeness (QED) is 0.584. The molecule has 0 aliphatic carbocycles. The lowest BCUT2D eigenvalue weighted by Gasteiger charge is -2.32. The number of aromatic nitrogens is 1. The number of hydroxylamine groups is 2. The number of rotatable bonds is 3. The summed E-state index contributed by atoms with van der Waals surface area (Å²) in [6, 6.07) is 7.85. The summed E-state index contributed by atoms with van der Waals surface area (Å²) in [4.78, 5) is 15.1. The molecule has 2 heterocycles. The number of piperazine rings is 1. The topological polar surface area (TPSA) is 124 Å². The maximum Gasteiger partial charge on any atom is 0.162 e. The van der Waals surface area contributed by atoms with Gasteiger partial charge in [-0.25, -0.2) is 4.98 Å². The molecule has 1 aliphatic heterocycles. The number of benzene rings is 1. The fourth-order valence-electron chi connectivity index (χ4n) is 2.54. The van der Waals surface area contributed by atoms with E-state index >= 15 is 0 Å². The van der Waals surface area contributed by atoms with Crippen molar-refractivity contribution in [1.29, 1.82) is 0 Å². The summed E-state index contributed by atoms with van der Waals surface area (Å²) in [6.07, 6.45) is 0. The third-order valence-electron chi connectivity index (χ3n) is 3.76. The fourth-order valence-corrected chi connectivity index (χ4v) is 2.54. The second-order valence-electron chi connectivity index (χ2n) is 5.23. The summed E-state index contributed by atoms with van der Waals surface area (Å²) in [5.41, 5.74) is 0.872. The van der Waals surface area contributed by atoms with Gasteiger partial charge in [-0.15, -0.1) is 24.8 Å². The molecule has 27 heavy (non-hydrogen) atoms. The molecule has 0 bridgehead atoms. The van der Waals surface area contributed by atoms with Crippen molar-refractivity contribution in [3.63, 3.8) is 0 Å². The van der Waals surface area contributed by atoms with Crippen LogP contribution in [-0.4, -0.2) is 60.7 Å². The zero-order chi connectivity index (χ0) is 18.4. The van der Waals surface area contributed by atoms with Crippen LogP contribution in [0.4, 0.5) is 5.82 Å². The van der Waals surface area contributed by atoms with E-state index < -0.39 is 5.09 Å². The van der Waals surface area contributed by atoms with E-state index in [0.717, 1.165) is 29.8 Å². The zero-order valence-electron chi connectivity index (χ0n) is 14.7. The summed E-state index contributed by atoms with van der Waals surface area (Å²) in [6.45, 7) is 2.79. The molecule has 10 nitrogen and oxygen atoms in total. The maximum atomic E-state index is 9.43. The van der Waals surface area contributed by atoms with Crippen molar-refractivity contribution >= 4 is 41.5 Å². The summed E-state index contributed by atoms with van der Waals surface area (Å²) >= 11 is 0. The van der Waals surface area contributed by atoms with Gasteiger partial charge < -0.3 is 34.9 Å². The van der Waals surface area contributed by atoms with Crippen LogP contribution in [0, 0.1) is 15.3 Å². The van der Waals surface area contributed by atoms with E-state index in [1.807, 2.05) is 24.3 Å². The van der Waals surface area contributed by atoms with Gasteiger partial charge in [-0.2, -0.15) is 5.06 Å². The molecule has 1 N–H and O–H groups in total. The highest BCUT2D eigenvalue weighted by molar-refractivity contribution is 5.86. The Bertz CT molecular complexity index is 740. The lowest BCUT2D eigenvalue weighted by Crippen LogP contribution is -2.45. The van der Waals surface area contributed by atoms with Crippen LogP contribution in [0.2, 0.25) is 0 Å². The van der Waals surface area contributed by atoms with Crippen molar-refractivity contribution in [2.45, 2.75) is 0 Å². The number of halogens is 2. The lowest BCUT2D eigenvalue weighted by molar-refractivity contribution is -0.402. The molecule has 3 rings (SSSR count). The van der Waals surface area contributed by atoms with E-state index in [0.29, 0.717) is 24.6 Å². The van der Waals surface area contributed by atoms with Gasteiger partial charge in [-0.3, -0.25) is 0 Å². The number of hydrogen-bond acceptors (Lipinski definition) is 9. The van der Waals surface area contributed by atoms with Crippen LogP contribution in [0.15, 0.2) is 24.3 Å². The van der Waals surface area contributed by atoms with Crippen LogP contribution in [0.25, 0.3) is 10.9 Å². The van der Waals surface area contributed by atoms with Gasteiger partial charge in [0.1, 0.15) is 5.82 Å². The van der Waals surface area contributed by atoms with Crippen molar-refractivity contribution in [3.8, 4) is 11.5 Å². The van der Waals surface area contributed by atoms with Gasteiger partial charge >= 0.3 is 0 Å². The second kappa shape index (κ2) is 11.4. The molecule has 0 saturated carbocycles. The second-order valence-corrected chi connectivity index (χ2v) is 5.23. The Hall–Kier alpha value is -2.27. The highest BCUT2D eigenvalue weighted by atomic mass is 35.5. The van der Waals surface area contributed by atoms with Crippen LogP contribution < -0.4 is 14.4 Å². The smallest absolute Gasteiger partial charge is 0.162 e. The third kappa shape index (κ3) is 6.75. The molecule has 12 heteroatoms. The summed E-state index contributed by atoms with van der Waals surface area (Å²) in [7, 11) is 3.24. The first-order chi connectivity index (χ1) is 11.9. The minimum Gasteiger partial charge on any atom is -0.493 e. The highest BCUT2D eigenvalue weighted by Gasteiger charge is 2.17. The van der Waals surface area contributed by atoms with E-state index in [-0.39, 0.29) is 24.8 Å². The number of pyridine rings is 1. The molecular formula is C15H21Cl2N4O6-. The Morgan fingerprint density at radius 1 is 1.04 bits per heavy atom. The van der Waals surface area contributed by atoms with Crippen LogP contribution in [0.3, 0.4) is 0 Å². The first kappa shape index (κ1) is 24.7. The molecule has 1 aromatic heterocycles. The maximum absolute atomic E-state index is 9.43. The van der Waals surface area contributed by atoms with Crippen molar-refractivity contribution < 1.29 is 19.8 Å². The molecule has 0 radical (unpaired) electrons. The fraction of sp³-hybridized carbons (Fsp3) is 0.400. The molecular weight excluding hydrogens is 403 g/mol. The van der Waals surface area contributed by atoms with Crippen LogP contribution >= 0.6 is 24.8 Å². The standard InChI is InChI=1S/C15H19N3O3.2ClH.NO3/c1-20-13-9-11-3-4-15(16-12(11)10-14(13)21-2)17-5-7-18(19)8-6-17;;;2-1(3)4/h3-4,9-10,19H,5-8H2,1-2H3;2*1H;/q;;;-1. The van der Waals surface area contributed by atoms with Crippen molar-refractivity contribution in [3.05, 3.63) is 39.6 Å². The van der Waals surface area contributed by atoms with Gasteiger partial charge in [0, 0.05) is 37.6 Å². The molecule has 0 unspecified atom stereocenters. The number of nitrogens with zero attached hydrogens (tertiary/aromatic N) is 4.